The maximum absolute atomic E-state index is 5.91. The fraction of sp³-hybridized carbons (Fsp3) is 0.0417. The number of aromatic nitrogens is 5. The van der Waals surface area contributed by atoms with Gasteiger partial charge in [0.05, 0.1) is 22.4 Å². The Morgan fingerprint density at radius 3 is 2.11 bits per heavy atom. The van der Waals surface area contributed by atoms with Crippen LogP contribution in [0, 0.1) is 0 Å². The molecule has 2 aliphatic rings. The molecule has 0 atom stereocenters. The Labute approximate surface area is 319 Å². The Balaban J connectivity index is 0.000000949. The summed E-state index contributed by atoms with van der Waals surface area (Å²) in [6.07, 6.45) is 18.9. The van der Waals surface area contributed by atoms with E-state index in [1.165, 1.54) is 11.3 Å². The molecule has 0 amide bonds. The van der Waals surface area contributed by atoms with Crippen LogP contribution in [0.25, 0.3) is 56.2 Å². The monoisotopic (exact) mass is 713 g/mol. The summed E-state index contributed by atoms with van der Waals surface area (Å²) in [4.78, 5) is 13.3. The van der Waals surface area contributed by atoms with Gasteiger partial charge in [-0.1, -0.05) is 116 Å². The first-order chi connectivity index (χ1) is 27.2. The fourth-order valence-electron chi connectivity index (χ4n) is 7.74. The van der Waals surface area contributed by atoms with Crippen LogP contribution in [0.3, 0.4) is 0 Å². The van der Waals surface area contributed by atoms with Crippen LogP contribution in [-0.2, 0) is 12.8 Å². The van der Waals surface area contributed by atoms with Gasteiger partial charge in [0, 0.05) is 34.3 Å². The minimum atomic E-state index is 0.601. The summed E-state index contributed by atoms with van der Waals surface area (Å²) >= 11 is 0. The largest absolute Gasteiger partial charge is 0.405 e. The molecule has 7 heteroatoms. The minimum Gasteiger partial charge on any atom is -0.405 e. The average Bonchev–Trinajstić information content (AvgIpc) is 3.94. The zero-order valence-electron chi connectivity index (χ0n) is 30.3. The predicted octanol–water partition coefficient (Wildman–Crippen LogP) is 10.8. The topological polar surface area (TPSA) is 69.8 Å². The molecule has 266 valence electrons. The maximum atomic E-state index is 5.91. The fourth-order valence-corrected chi connectivity index (χ4v) is 7.74. The summed E-state index contributed by atoms with van der Waals surface area (Å²) in [7, 11) is 0. The smallest absolute Gasteiger partial charge is 0.166 e. The van der Waals surface area contributed by atoms with Crippen LogP contribution in [0.5, 0.6) is 0 Å². The number of nitrogens with zero attached hydrogens (tertiary/aromatic N) is 6. The van der Waals surface area contributed by atoms with Crippen molar-refractivity contribution in [2.24, 2.45) is 5.73 Å². The molecule has 0 fully saturated rings. The molecule has 0 radical (unpaired) electrons. The Hall–Kier alpha value is -7.38. The molecule has 1 aliphatic carbocycles. The van der Waals surface area contributed by atoms with Crippen molar-refractivity contribution in [1.82, 2.24) is 23.7 Å². The third kappa shape index (κ3) is 5.70. The van der Waals surface area contributed by atoms with Crippen LogP contribution < -0.4 is 10.6 Å². The Morgan fingerprint density at radius 1 is 0.673 bits per heavy atom. The van der Waals surface area contributed by atoms with Crippen LogP contribution in [0.2, 0.25) is 0 Å². The molecule has 7 nitrogen and oxygen atoms in total. The lowest BCUT2D eigenvalue weighted by Gasteiger charge is -2.23. The maximum Gasteiger partial charge on any atom is 0.166 e. The summed E-state index contributed by atoms with van der Waals surface area (Å²) in [6, 6.07) is 42.7. The van der Waals surface area contributed by atoms with E-state index in [0.717, 1.165) is 79.6 Å². The van der Waals surface area contributed by atoms with E-state index in [0.29, 0.717) is 6.42 Å². The van der Waals surface area contributed by atoms with Crippen LogP contribution in [-0.4, -0.2) is 23.7 Å². The van der Waals surface area contributed by atoms with E-state index < -0.39 is 0 Å². The van der Waals surface area contributed by atoms with Gasteiger partial charge in [0.25, 0.3) is 0 Å². The van der Waals surface area contributed by atoms with Crippen molar-refractivity contribution in [1.29, 1.82) is 0 Å². The summed E-state index contributed by atoms with van der Waals surface area (Å²) in [5.74, 6) is 2.86. The Morgan fingerprint density at radius 2 is 1.36 bits per heavy atom. The molecular weight excluding hydrogens is 675 g/mol. The number of para-hydroxylation sites is 4. The molecule has 4 aromatic carbocycles. The van der Waals surface area contributed by atoms with Gasteiger partial charge in [-0.25, -0.2) is 9.97 Å². The molecule has 10 rings (SSSR count). The summed E-state index contributed by atoms with van der Waals surface area (Å²) in [6.45, 7) is 6.72. The number of hydrogen-bond donors (Lipinski definition) is 1. The van der Waals surface area contributed by atoms with Crippen molar-refractivity contribution in [2.75, 3.05) is 4.90 Å². The molecule has 2 N–H and O–H groups in total. The summed E-state index contributed by atoms with van der Waals surface area (Å²) in [5, 5.41) is 2.20. The van der Waals surface area contributed by atoms with Crippen LogP contribution in [0.15, 0.2) is 189 Å². The molecule has 4 aromatic heterocycles. The molecular formula is C48H39N7. The summed E-state index contributed by atoms with van der Waals surface area (Å²) < 4.78 is 6.95. The lowest BCUT2D eigenvalue weighted by Crippen LogP contribution is -2.16. The highest BCUT2D eigenvalue weighted by atomic mass is 15.3. The van der Waals surface area contributed by atoms with E-state index in [4.69, 9.17) is 15.7 Å². The van der Waals surface area contributed by atoms with Crippen molar-refractivity contribution in [3.63, 3.8) is 0 Å². The lowest BCUT2D eigenvalue weighted by atomic mass is 10.2. The number of nitrogens with two attached hydrogens (primary N) is 1. The second kappa shape index (κ2) is 14.2. The van der Waals surface area contributed by atoms with E-state index >= 15 is 0 Å². The Bertz CT molecular complexity index is 2850. The van der Waals surface area contributed by atoms with E-state index in [1.807, 2.05) is 6.08 Å². The highest BCUT2D eigenvalue weighted by Crippen LogP contribution is 2.44. The molecule has 55 heavy (non-hydrogen) atoms. The molecule has 8 aromatic rings. The first kappa shape index (κ1) is 33.5. The predicted molar refractivity (Wildman–Crippen MR) is 228 cm³/mol. The van der Waals surface area contributed by atoms with E-state index in [1.54, 1.807) is 18.4 Å². The normalized spacial score (nSPS) is 14.0. The van der Waals surface area contributed by atoms with Crippen LogP contribution >= 0.6 is 0 Å². The average molecular weight is 714 g/mol. The van der Waals surface area contributed by atoms with Gasteiger partial charge in [-0.15, -0.1) is 0 Å². The van der Waals surface area contributed by atoms with Crippen LogP contribution in [0.1, 0.15) is 17.0 Å². The first-order valence-corrected chi connectivity index (χ1v) is 18.4. The number of anilines is 2. The Kier molecular flexibility index (Phi) is 8.65. The molecule has 0 saturated carbocycles. The van der Waals surface area contributed by atoms with E-state index in [9.17, 15) is 0 Å². The van der Waals surface area contributed by atoms with E-state index in [2.05, 4.69) is 183 Å². The lowest BCUT2D eigenvalue weighted by molar-refractivity contribution is 0.950. The zero-order valence-corrected chi connectivity index (χ0v) is 30.3. The third-order valence-corrected chi connectivity index (χ3v) is 10.1. The van der Waals surface area contributed by atoms with E-state index in [-0.39, 0.29) is 0 Å². The second-order valence-electron chi connectivity index (χ2n) is 13.4. The van der Waals surface area contributed by atoms with Crippen molar-refractivity contribution < 1.29 is 0 Å². The quantitative estimate of drug-likeness (QED) is 0.174. The first-order valence-electron chi connectivity index (χ1n) is 18.4. The zero-order chi connectivity index (χ0) is 37.3. The standard InChI is InChI=1S/C44H33N7.C4H6/c45-26-14-21-34-29-36-43(50(34)40-27-31-16-10-12-24-38(31)48(40)32-17-5-2-6-18-32)47-42-35-22-11-13-25-39(35)51(44(42)46-36)41-28-30-15-4-1-9-23-37(30)49(41)33-19-7-3-8-20-33;1-3-4-2/h1-14,16-28H,15,29,45H2;3-4H,1-2H2/b26-14-,34-21+;. The highest BCUT2D eigenvalue weighted by molar-refractivity contribution is 6.06. The number of fused-ring (bicyclic) bond motifs is 6. The number of hydrogen-bond acceptors (Lipinski definition) is 4. The van der Waals surface area contributed by atoms with Gasteiger partial charge in [-0.05, 0) is 84.9 Å². The SMILES string of the molecule is C=CC=C.N/C=C\C=C1/Cc2nc3c(nc2N1c1cc2ccccc2n1-c1ccccc1)c1ccccc1n3-c1cc2c(n1-c1ccccc1)C=CC=CC2. The van der Waals surface area contributed by atoms with Gasteiger partial charge >= 0.3 is 0 Å². The van der Waals surface area contributed by atoms with Crippen molar-refractivity contribution >= 4 is 50.7 Å². The van der Waals surface area contributed by atoms with Crippen molar-refractivity contribution in [2.45, 2.75) is 12.8 Å². The van der Waals surface area contributed by atoms with Gasteiger partial charge in [0.2, 0.25) is 0 Å². The van der Waals surface area contributed by atoms with Gasteiger partial charge < -0.3 is 5.73 Å². The minimum absolute atomic E-state index is 0.601. The number of rotatable bonds is 6. The molecule has 5 heterocycles. The van der Waals surface area contributed by atoms with Gasteiger partial charge in [-0.2, -0.15) is 0 Å². The summed E-state index contributed by atoms with van der Waals surface area (Å²) in [5.41, 5.74) is 16.3. The number of allylic oxidation sites excluding steroid dienone is 8. The van der Waals surface area contributed by atoms with Crippen molar-refractivity contribution in [3.8, 4) is 17.2 Å². The van der Waals surface area contributed by atoms with Crippen molar-refractivity contribution in [3.05, 3.63) is 206 Å². The molecule has 0 bridgehead atoms. The molecule has 1 aliphatic heterocycles. The van der Waals surface area contributed by atoms with Crippen LogP contribution in [0.4, 0.5) is 11.6 Å². The third-order valence-electron chi connectivity index (χ3n) is 10.1. The van der Waals surface area contributed by atoms with Gasteiger partial charge in [0.1, 0.15) is 17.2 Å². The van der Waals surface area contributed by atoms with Gasteiger partial charge in [0.15, 0.2) is 11.5 Å². The second-order valence-corrected chi connectivity index (χ2v) is 13.4. The van der Waals surface area contributed by atoms with Gasteiger partial charge in [-0.3, -0.25) is 18.6 Å². The molecule has 0 saturated heterocycles. The molecule has 0 unspecified atom stereocenters. The highest BCUT2D eigenvalue weighted by Gasteiger charge is 2.33. The number of benzene rings is 4. The molecule has 0 spiro atoms.